The molecule has 0 spiro atoms. The SMILES string of the molecule is C1CC[SiH2]C1.CCc1ccc(C2=CC[C]([Hf+2][C]3=C(C)C(c4ccc(CC)cc4)=CC3)=C2C)cc1.[Cl-].[Cl-]. The summed E-state index contributed by atoms with van der Waals surface area (Å²) in [5.74, 6) is 0. The van der Waals surface area contributed by atoms with Crippen molar-refractivity contribution in [1.82, 2.24) is 0 Å². The number of benzene rings is 2. The number of allylic oxidation sites excluding steroid dienone is 8. The molecular formula is C32H40Cl2HfSi. The first-order valence-corrected chi connectivity index (χ1v) is 19.0. The average molecular weight is 702 g/mol. The number of rotatable bonds is 6. The Morgan fingerprint density at radius 3 is 1.33 bits per heavy atom. The van der Waals surface area contributed by atoms with Crippen LogP contribution in [0.15, 0.2) is 78.5 Å². The van der Waals surface area contributed by atoms with E-state index in [0.29, 0.717) is 9.52 Å². The Morgan fingerprint density at radius 1 is 0.639 bits per heavy atom. The van der Waals surface area contributed by atoms with Crippen molar-refractivity contribution in [1.29, 1.82) is 0 Å². The van der Waals surface area contributed by atoms with Crippen molar-refractivity contribution < 1.29 is 47.7 Å². The van der Waals surface area contributed by atoms with Crippen molar-refractivity contribution in [3.8, 4) is 0 Å². The third-order valence-electron chi connectivity index (χ3n) is 7.63. The molecule has 2 aliphatic carbocycles. The van der Waals surface area contributed by atoms with E-state index in [4.69, 9.17) is 0 Å². The van der Waals surface area contributed by atoms with Crippen LogP contribution in [-0.2, 0) is 35.7 Å². The predicted molar refractivity (Wildman–Crippen MR) is 150 cm³/mol. The fourth-order valence-corrected chi connectivity index (χ4v) is 12.1. The van der Waals surface area contributed by atoms with Crippen LogP contribution in [0.5, 0.6) is 0 Å². The molecule has 1 aliphatic heterocycles. The summed E-state index contributed by atoms with van der Waals surface area (Å²) in [6.45, 7) is 9.16. The van der Waals surface area contributed by atoms with Crippen molar-refractivity contribution in [3.05, 3.63) is 101 Å². The average Bonchev–Trinajstić information content (AvgIpc) is 3.64. The second-order valence-electron chi connectivity index (χ2n) is 9.84. The van der Waals surface area contributed by atoms with Crippen LogP contribution in [0.1, 0.15) is 75.6 Å². The van der Waals surface area contributed by atoms with E-state index in [1.165, 1.54) is 46.2 Å². The van der Waals surface area contributed by atoms with E-state index in [-0.39, 0.29) is 24.8 Å². The van der Waals surface area contributed by atoms with E-state index in [1.54, 1.807) is 42.7 Å². The molecule has 1 fully saturated rings. The molecule has 4 heteroatoms. The van der Waals surface area contributed by atoms with Crippen LogP contribution >= 0.6 is 0 Å². The monoisotopic (exact) mass is 702 g/mol. The quantitative estimate of drug-likeness (QED) is 0.407. The number of hydrogen-bond acceptors (Lipinski definition) is 0. The molecule has 36 heavy (non-hydrogen) atoms. The summed E-state index contributed by atoms with van der Waals surface area (Å²) < 4.78 is 3.56. The van der Waals surface area contributed by atoms with Crippen molar-refractivity contribution in [3.63, 3.8) is 0 Å². The van der Waals surface area contributed by atoms with Crippen molar-refractivity contribution in [2.24, 2.45) is 0 Å². The second-order valence-corrected chi connectivity index (χ2v) is 17.2. The van der Waals surface area contributed by atoms with Crippen LogP contribution in [0.3, 0.4) is 0 Å². The zero-order chi connectivity index (χ0) is 23.9. The van der Waals surface area contributed by atoms with E-state index in [2.05, 4.69) is 88.4 Å². The molecule has 190 valence electrons. The third kappa shape index (κ3) is 7.79. The van der Waals surface area contributed by atoms with Crippen LogP contribution in [0.2, 0.25) is 12.1 Å². The second kappa shape index (κ2) is 15.5. The number of hydrogen-bond donors (Lipinski definition) is 0. The molecule has 0 amide bonds. The van der Waals surface area contributed by atoms with Gasteiger partial charge < -0.3 is 24.8 Å². The summed E-state index contributed by atoms with van der Waals surface area (Å²) in [5.41, 5.74) is 11.7. The van der Waals surface area contributed by atoms with Gasteiger partial charge in [-0.2, -0.15) is 0 Å². The summed E-state index contributed by atoms with van der Waals surface area (Å²) in [4.78, 5) is 0. The van der Waals surface area contributed by atoms with Gasteiger partial charge in [-0.15, -0.1) is 0 Å². The molecule has 2 aromatic carbocycles. The molecule has 1 heterocycles. The van der Waals surface area contributed by atoms with Gasteiger partial charge >= 0.3 is 188 Å². The molecule has 2 aromatic rings. The van der Waals surface area contributed by atoms with Crippen LogP contribution in [0.4, 0.5) is 0 Å². The smallest absolute Gasteiger partial charge is 1.00 e. The maximum Gasteiger partial charge on any atom is -1.00 e. The predicted octanol–water partition coefficient (Wildman–Crippen LogP) is 2.51. The number of halogens is 2. The van der Waals surface area contributed by atoms with Gasteiger partial charge in [0.05, 0.1) is 0 Å². The molecule has 0 saturated carbocycles. The summed E-state index contributed by atoms with van der Waals surface area (Å²) in [6.07, 6.45) is 12.6. The molecule has 0 atom stereocenters. The van der Waals surface area contributed by atoms with Gasteiger partial charge in [0.2, 0.25) is 0 Å². The minimum Gasteiger partial charge on any atom is -1.00 e. The fraction of sp³-hybridized carbons (Fsp3) is 0.375. The maximum absolute atomic E-state index is 2.47. The van der Waals surface area contributed by atoms with Crippen molar-refractivity contribution >= 4 is 20.7 Å². The van der Waals surface area contributed by atoms with Gasteiger partial charge in [-0.1, -0.05) is 24.9 Å². The van der Waals surface area contributed by atoms with Gasteiger partial charge in [0.15, 0.2) is 0 Å². The first kappa shape index (κ1) is 31.3. The molecule has 3 aliphatic rings. The largest absolute Gasteiger partial charge is 1.00 e. The zero-order valence-corrected chi connectivity index (χ0v) is 28.9. The minimum atomic E-state index is -0.966. The molecule has 1 saturated heterocycles. The molecule has 0 radical (unpaired) electrons. The van der Waals surface area contributed by atoms with Crippen molar-refractivity contribution in [2.75, 3.05) is 0 Å². The van der Waals surface area contributed by atoms with Gasteiger partial charge in [0, 0.05) is 9.52 Å². The van der Waals surface area contributed by atoms with E-state index in [9.17, 15) is 0 Å². The Bertz CT molecular complexity index is 1020. The zero-order valence-electron chi connectivity index (χ0n) is 22.4. The molecule has 0 unspecified atom stereocenters. The fourth-order valence-electron chi connectivity index (χ4n) is 5.21. The van der Waals surface area contributed by atoms with Crippen molar-refractivity contribution in [2.45, 2.75) is 78.3 Å². The van der Waals surface area contributed by atoms with Gasteiger partial charge in [0.1, 0.15) is 0 Å². The summed E-state index contributed by atoms with van der Waals surface area (Å²) in [7, 11) is 0.543. The molecule has 0 nitrogen and oxygen atoms in total. The standard InChI is InChI=1S/2C14H15.C4H10Si.2ClH.Hf/c2*1-3-12-7-9-13(10-8-12)14-6-4-5-11(14)2;1-2-4-5-3-1;;;/h2*6-10H,3-4H2,1-2H3;1-5H2;2*1H;/q;;;;;+2/p-2. The first-order chi connectivity index (χ1) is 16.6. The Kier molecular flexibility index (Phi) is 13.4. The normalized spacial score (nSPS) is 16.4. The topological polar surface area (TPSA) is 0 Å². The van der Waals surface area contributed by atoms with Crippen LogP contribution < -0.4 is 24.8 Å². The van der Waals surface area contributed by atoms with E-state index < -0.39 is 22.9 Å². The Balaban J connectivity index is 0.000000584. The van der Waals surface area contributed by atoms with Crippen LogP contribution in [-0.4, -0.2) is 9.52 Å². The Morgan fingerprint density at radius 2 is 1.03 bits per heavy atom. The van der Waals surface area contributed by atoms with Gasteiger partial charge in [-0.25, -0.2) is 0 Å². The molecule has 0 N–H and O–H groups in total. The summed E-state index contributed by atoms with van der Waals surface area (Å²) in [5, 5.41) is 0. The summed E-state index contributed by atoms with van der Waals surface area (Å²) >= 11 is -0.966. The molecule has 0 aromatic heterocycles. The van der Waals surface area contributed by atoms with Gasteiger partial charge in [-0.05, 0) is 0 Å². The van der Waals surface area contributed by atoms with Gasteiger partial charge in [-0.3, -0.25) is 0 Å². The minimum absolute atomic E-state index is 0. The Hall–Kier alpha value is -0.933. The molecular weight excluding hydrogens is 662 g/mol. The summed E-state index contributed by atoms with van der Waals surface area (Å²) in [6, 6.07) is 21.7. The number of aryl methyl sites for hydroxylation is 2. The third-order valence-corrected chi connectivity index (χ3v) is 16.0. The van der Waals surface area contributed by atoms with Gasteiger partial charge in [0.25, 0.3) is 0 Å². The van der Waals surface area contributed by atoms with Crippen LogP contribution in [0, 0.1) is 0 Å². The van der Waals surface area contributed by atoms with E-state index in [1.807, 2.05) is 0 Å². The van der Waals surface area contributed by atoms with E-state index in [0.717, 1.165) is 12.8 Å². The maximum atomic E-state index is 2.47. The first-order valence-electron chi connectivity index (χ1n) is 13.4. The molecule has 5 rings (SSSR count). The molecule has 0 bridgehead atoms. The van der Waals surface area contributed by atoms with Crippen LogP contribution in [0.25, 0.3) is 11.1 Å². The van der Waals surface area contributed by atoms with E-state index >= 15 is 0 Å². The Labute approximate surface area is 245 Å².